The first-order valence-corrected chi connectivity index (χ1v) is 6.81. The Labute approximate surface area is 112 Å². The molecular formula is C15H18N4. The first-order valence-electron chi connectivity index (χ1n) is 6.81. The van der Waals surface area contributed by atoms with Crippen molar-refractivity contribution in [3.63, 3.8) is 0 Å². The second-order valence-electron chi connectivity index (χ2n) is 4.65. The van der Waals surface area contributed by atoms with Gasteiger partial charge in [0.05, 0.1) is 17.5 Å². The molecule has 19 heavy (non-hydrogen) atoms. The van der Waals surface area contributed by atoms with Crippen LogP contribution in [0.25, 0.3) is 16.7 Å². The van der Waals surface area contributed by atoms with Crippen LogP contribution in [0.5, 0.6) is 0 Å². The van der Waals surface area contributed by atoms with Gasteiger partial charge >= 0.3 is 0 Å². The number of nitrogens with zero attached hydrogens (tertiary/aromatic N) is 4. The molecule has 2 heterocycles. The number of hydrogen-bond donors (Lipinski definition) is 0. The van der Waals surface area contributed by atoms with Crippen LogP contribution in [0.15, 0.2) is 36.9 Å². The third-order valence-corrected chi connectivity index (χ3v) is 3.38. The molecule has 0 aliphatic carbocycles. The zero-order chi connectivity index (χ0) is 13.2. The Morgan fingerprint density at radius 3 is 2.79 bits per heavy atom. The van der Waals surface area contributed by atoms with E-state index < -0.39 is 0 Å². The summed E-state index contributed by atoms with van der Waals surface area (Å²) in [4.78, 5) is 8.94. The summed E-state index contributed by atoms with van der Waals surface area (Å²) < 4.78 is 4.35. The fourth-order valence-corrected chi connectivity index (χ4v) is 2.53. The van der Waals surface area contributed by atoms with E-state index in [1.807, 2.05) is 17.1 Å². The van der Waals surface area contributed by atoms with Gasteiger partial charge in [-0.1, -0.05) is 19.9 Å². The molecule has 0 aliphatic heterocycles. The van der Waals surface area contributed by atoms with E-state index in [4.69, 9.17) is 4.98 Å². The van der Waals surface area contributed by atoms with Gasteiger partial charge in [0.25, 0.3) is 0 Å². The van der Waals surface area contributed by atoms with Crippen LogP contribution < -0.4 is 0 Å². The zero-order valence-corrected chi connectivity index (χ0v) is 11.4. The molecule has 0 spiro atoms. The van der Waals surface area contributed by atoms with Gasteiger partial charge in [-0.05, 0) is 18.6 Å². The lowest BCUT2D eigenvalue weighted by molar-refractivity contribution is 0.659. The summed E-state index contributed by atoms with van der Waals surface area (Å²) in [5.41, 5.74) is 3.37. The molecule has 0 fully saturated rings. The van der Waals surface area contributed by atoms with E-state index in [0.717, 1.165) is 36.4 Å². The highest BCUT2D eigenvalue weighted by Crippen LogP contribution is 2.23. The lowest BCUT2D eigenvalue weighted by atomic mass is 10.2. The van der Waals surface area contributed by atoms with E-state index in [2.05, 4.69) is 41.6 Å². The fraction of sp³-hybridized carbons (Fsp3) is 0.333. The largest absolute Gasteiger partial charge is 0.328 e. The van der Waals surface area contributed by atoms with Crippen LogP contribution in [0.3, 0.4) is 0 Å². The maximum absolute atomic E-state index is 4.82. The van der Waals surface area contributed by atoms with Crippen LogP contribution in [-0.2, 0) is 13.0 Å². The highest BCUT2D eigenvalue weighted by atomic mass is 15.1. The van der Waals surface area contributed by atoms with Gasteiger partial charge in [0.15, 0.2) is 0 Å². The van der Waals surface area contributed by atoms with Crippen LogP contribution in [-0.4, -0.2) is 19.1 Å². The smallest absolute Gasteiger partial charge is 0.113 e. The van der Waals surface area contributed by atoms with E-state index in [0.29, 0.717) is 0 Å². The molecule has 2 aromatic heterocycles. The van der Waals surface area contributed by atoms with Gasteiger partial charge in [0.1, 0.15) is 11.3 Å². The lowest BCUT2D eigenvalue weighted by Crippen LogP contribution is -2.01. The maximum atomic E-state index is 4.82. The van der Waals surface area contributed by atoms with Gasteiger partial charge in [-0.3, -0.25) is 0 Å². The summed E-state index contributed by atoms with van der Waals surface area (Å²) in [6, 6.07) is 6.33. The van der Waals surface area contributed by atoms with Crippen molar-refractivity contribution in [2.24, 2.45) is 0 Å². The van der Waals surface area contributed by atoms with Crippen molar-refractivity contribution >= 4 is 11.0 Å². The number of hydrogen-bond acceptors (Lipinski definition) is 2. The quantitative estimate of drug-likeness (QED) is 0.716. The summed E-state index contributed by atoms with van der Waals surface area (Å²) in [5, 5.41) is 0. The number of aryl methyl sites for hydroxylation is 2. The molecule has 0 bridgehead atoms. The molecule has 3 rings (SSSR count). The standard InChI is InChI=1S/C15H18N4/c1-3-9-19-13-7-5-6-12(18-10-8-16-11-18)15(13)17-14(19)4-2/h5-8,10-11H,3-4,9H2,1-2H3. The highest BCUT2D eigenvalue weighted by molar-refractivity contribution is 5.84. The Balaban J connectivity index is 2.26. The van der Waals surface area contributed by atoms with Crippen molar-refractivity contribution in [2.45, 2.75) is 33.2 Å². The highest BCUT2D eigenvalue weighted by Gasteiger charge is 2.12. The normalized spacial score (nSPS) is 11.3. The van der Waals surface area contributed by atoms with Crippen molar-refractivity contribution < 1.29 is 0 Å². The number of benzene rings is 1. The number of para-hydroxylation sites is 1. The molecule has 0 saturated carbocycles. The van der Waals surface area contributed by atoms with Crippen LogP contribution >= 0.6 is 0 Å². The minimum Gasteiger partial charge on any atom is -0.328 e. The number of fused-ring (bicyclic) bond motifs is 1. The number of aromatic nitrogens is 4. The predicted molar refractivity (Wildman–Crippen MR) is 76.5 cm³/mol. The van der Waals surface area contributed by atoms with E-state index in [1.165, 1.54) is 5.52 Å². The minimum atomic E-state index is 0.956. The first kappa shape index (κ1) is 12.0. The molecule has 0 aliphatic rings. The molecule has 1 aromatic carbocycles. The van der Waals surface area contributed by atoms with Crippen LogP contribution in [0, 0.1) is 0 Å². The van der Waals surface area contributed by atoms with Crippen molar-refractivity contribution in [2.75, 3.05) is 0 Å². The summed E-state index contributed by atoms with van der Waals surface area (Å²) in [7, 11) is 0. The molecule has 4 nitrogen and oxygen atoms in total. The molecular weight excluding hydrogens is 236 g/mol. The second kappa shape index (κ2) is 4.88. The molecule has 98 valence electrons. The first-order chi connectivity index (χ1) is 9.35. The van der Waals surface area contributed by atoms with E-state index in [-0.39, 0.29) is 0 Å². The van der Waals surface area contributed by atoms with Crippen LogP contribution in [0.4, 0.5) is 0 Å². The van der Waals surface area contributed by atoms with E-state index in [9.17, 15) is 0 Å². The second-order valence-corrected chi connectivity index (χ2v) is 4.65. The maximum Gasteiger partial charge on any atom is 0.113 e. The summed E-state index contributed by atoms with van der Waals surface area (Å²) in [5.74, 6) is 1.16. The molecule has 4 heteroatoms. The molecule has 0 radical (unpaired) electrons. The molecule has 0 N–H and O–H groups in total. The van der Waals surface area contributed by atoms with Crippen molar-refractivity contribution in [3.8, 4) is 5.69 Å². The van der Waals surface area contributed by atoms with E-state index >= 15 is 0 Å². The SMILES string of the molecule is CCCn1c(CC)nc2c(-n3ccnc3)cccc21. The number of imidazole rings is 2. The van der Waals surface area contributed by atoms with Gasteiger partial charge < -0.3 is 9.13 Å². The Morgan fingerprint density at radius 1 is 1.21 bits per heavy atom. The monoisotopic (exact) mass is 254 g/mol. The lowest BCUT2D eigenvalue weighted by Gasteiger charge is -2.06. The Bertz CT molecular complexity index is 680. The molecule has 0 saturated heterocycles. The average molecular weight is 254 g/mol. The van der Waals surface area contributed by atoms with Crippen molar-refractivity contribution in [1.29, 1.82) is 0 Å². The molecule has 0 amide bonds. The van der Waals surface area contributed by atoms with Gasteiger partial charge in [-0.2, -0.15) is 0 Å². The van der Waals surface area contributed by atoms with Crippen molar-refractivity contribution in [3.05, 3.63) is 42.7 Å². The summed E-state index contributed by atoms with van der Waals surface area (Å²) >= 11 is 0. The molecule has 3 aromatic rings. The Hall–Kier alpha value is -2.10. The number of rotatable bonds is 4. The summed E-state index contributed by atoms with van der Waals surface area (Å²) in [6.07, 6.45) is 7.65. The average Bonchev–Trinajstić information content (AvgIpc) is 3.06. The van der Waals surface area contributed by atoms with Gasteiger partial charge in [-0.25, -0.2) is 9.97 Å². The zero-order valence-electron chi connectivity index (χ0n) is 11.4. The molecule has 0 unspecified atom stereocenters. The fourth-order valence-electron chi connectivity index (χ4n) is 2.53. The van der Waals surface area contributed by atoms with Crippen LogP contribution in [0.1, 0.15) is 26.1 Å². The topological polar surface area (TPSA) is 35.6 Å². The van der Waals surface area contributed by atoms with Gasteiger partial charge in [0, 0.05) is 25.4 Å². The third kappa shape index (κ3) is 1.93. The predicted octanol–water partition coefficient (Wildman–Crippen LogP) is 3.19. The van der Waals surface area contributed by atoms with Crippen LogP contribution in [0.2, 0.25) is 0 Å². The third-order valence-electron chi connectivity index (χ3n) is 3.38. The van der Waals surface area contributed by atoms with E-state index in [1.54, 1.807) is 6.20 Å². The van der Waals surface area contributed by atoms with Crippen molar-refractivity contribution in [1.82, 2.24) is 19.1 Å². The minimum absolute atomic E-state index is 0.956. The Kier molecular flexibility index (Phi) is 3.07. The van der Waals surface area contributed by atoms with Gasteiger partial charge in [-0.15, -0.1) is 0 Å². The summed E-state index contributed by atoms with van der Waals surface area (Å²) in [6.45, 7) is 5.38. The van der Waals surface area contributed by atoms with Gasteiger partial charge in [0.2, 0.25) is 0 Å². The Morgan fingerprint density at radius 2 is 2.11 bits per heavy atom. The molecule has 0 atom stereocenters.